The van der Waals surface area contributed by atoms with Crippen LogP contribution in [0.1, 0.15) is 39.8 Å². The molecule has 1 N–H and O–H groups in total. The molecule has 0 saturated heterocycles. The summed E-state index contributed by atoms with van der Waals surface area (Å²) >= 11 is 0. The van der Waals surface area contributed by atoms with E-state index in [2.05, 4.69) is 41.7 Å². The minimum Gasteiger partial charge on any atom is -0.312 e. The third-order valence-corrected chi connectivity index (χ3v) is 4.79. The van der Waals surface area contributed by atoms with Gasteiger partial charge in [0.1, 0.15) is 0 Å². The fourth-order valence-corrected chi connectivity index (χ4v) is 3.73. The predicted molar refractivity (Wildman–Crippen MR) is 83.1 cm³/mol. The minimum absolute atomic E-state index is 1.04. The van der Waals surface area contributed by atoms with Crippen LogP contribution in [0.3, 0.4) is 0 Å². The van der Waals surface area contributed by atoms with Crippen LogP contribution >= 0.6 is 0 Å². The SMILES string of the molecule is c1cc2c(c(Cc3ccc4c(c3)CCC4)c1)CCNC2. The monoisotopic (exact) mass is 263 g/mol. The summed E-state index contributed by atoms with van der Waals surface area (Å²) in [4.78, 5) is 0. The minimum atomic E-state index is 1.04. The van der Waals surface area contributed by atoms with Crippen LogP contribution < -0.4 is 5.32 Å². The third-order valence-electron chi connectivity index (χ3n) is 4.79. The molecule has 0 aromatic heterocycles. The summed E-state index contributed by atoms with van der Waals surface area (Å²) in [6, 6.07) is 13.9. The molecular formula is C19H21N. The normalized spacial score (nSPS) is 16.8. The number of hydrogen-bond donors (Lipinski definition) is 1. The number of rotatable bonds is 2. The number of hydrogen-bond acceptors (Lipinski definition) is 1. The molecule has 0 radical (unpaired) electrons. The number of fused-ring (bicyclic) bond motifs is 2. The lowest BCUT2D eigenvalue weighted by Gasteiger charge is -2.20. The van der Waals surface area contributed by atoms with Crippen molar-refractivity contribution >= 4 is 0 Å². The van der Waals surface area contributed by atoms with Crippen LogP contribution in [0.4, 0.5) is 0 Å². The van der Waals surface area contributed by atoms with Gasteiger partial charge < -0.3 is 5.32 Å². The van der Waals surface area contributed by atoms with E-state index in [4.69, 9.17) is 0 Å². The standard InChI is InChI=1S/C19H21N/c1-3-15-8-7-14(11-16(15)4-1)12-17-5-2-6-18-13-20-10-9-19(17)18/h2,5-8,11,20H,1,3-4,9-10,12-13H2. The molecule has 1 aliphatic heterocycles. The van der Waals surface area contributed by atoms with Crippen molar-refractivity contribution in [2.24, 2.45) is 0 Å². The molecule has 1 heterocycles. The van der Waals surface area contributed by atoms with Gasteiger partial charge in [-0.1, -0.05) is 36.4 Å². The van der Waals surface area contributed by atoms with E-state index in [0.29, 0.717) is 0 Å². The first-order valence-electron chi connectivity index (χ1n) is 7.81. The highest BCUT2D eigenvalue weighted by Crippen LogP contribution is 2.26. The molecule has 102 valence electrons. The molecule has 0 fully saturated rings. The summed E-state index contributed by atoms with van der Waals surface area (Å²) in [5, 5.41) is 3.47. The van der Waals surface area contributed by atoms with Crippen molar-refractivity contribution in [3.05, 3.63) is 69.8 Å². The first-order chi connectivity index (χ1) is 9.90. The quantitative estimate of drug-likeness (QED) is 0.875. The molecule has 2 aromatic carbocycles. The van der Waals surface area contributed by atoms with Gasteiger partial charge in [0, 0.05) is 6.54 Å². The first-order valence-corrected chi connectivity index (χ1v) is 7.81. The Hall–Kier alpha value is -1.60. The maximum atomic E-state index is 3.47. The molecule has 4 rings (SSSR count). The lowest BCUT2D eigenvalue weighted by Crippen LogP contribution is -2.24. The van der Waals surface area contributed by atoms with Gasteiger partial charge in [0.2, 0.25) is 0 Å². The Balaban J connectivity index is 1.66. The Morgan fingerprint density at radius 1 is 0.900 bits per heavy atom. The van der Waals surface area contributed by atoms with Gasteiger partial charge in [-0.2, -0.15) is 0 Å². The van der Waals surface area contributed by atoms with Crippen LogP contribution in [0.15, 0.2) is 36.4 Å². The van der Waals surface area contributed by atoms with E-state index in [1.807, 2.05) is 0 Å². The number of nitrogens with one attached hydrogen (secondary N) is 1. The largest absolute Gasteiger partial charge is 0.312 e. The molecule has 0 unspecified atom stereocenters. The van der Waals surface area contributed by atoms with E-state index in [1.165, 1.54) is 42.4 Å². The van der Waals surface area contributed by atoms with E-state index < -0.39 is 0 Å². The topological polar surface area (TPSA) is 12.0 Å². The summed E-state index contributed by atoms with van der Waals surface area (Å²) in [5.41, 5.74) is 9.27. The molecule has 0 atom stereocenters. The molecule has 20 heavy (non-hydrogen) atoms. The summed E-state index contributed by atoms with van der Waals surface area (Å²) in [7, 11) is 0. The molecule has 1 heteroatoms. The second kappa shape index (κ2) is 5.06. The molecule has 1 aliphatic carbocycles. The molecule has 2 aliphatic rings. The molecule has 2 aromatic rings. The van der Waals surface area contributed by atoms with Crippen LogP contribution in [0.2, 0.25) is 0 Å². The Labute approximate surface area is 121 Å². The van der Waals surface area contributed by atoms with Crippen LogP contribution in [0.25, 0.3) is 0 Å². The fourth-order valence-electron chi connectivity index (χ4n) is 3.73. The maximum absolute atomic E-state index is 3.47. The zero-order chi connectivity index (χ0) is 13.4. The van der Waals surface area contributed by atoms with Crippen molar-refractivity contribution in [2.45, 2.75) is 38.6 Å². The van der Waals surface area contributed by atoms with Gasteiger partial charge in [-0.3, -0.25) is 0 Å². The molecule has 0 spiro atoms. The summed E-state index contributed by atoms with van der Waals surface area (Å²) in [5.74, 6) is 0. The average molecular weight is 263 g/mol. The third kappa shape index (κ3) is 2.16. The lowest BCUT2D eigenvalue weighted by molar-refractivity contribution is 0.640. The van der Waals surface area contributed by atoms with Gasteiger partial charge in [-0.05, 0) is 72.0 Å². The second-order valence-electron chi connectivity index (χ2n) is 6.11. The number of aryl methyl sites for hydroxylation is 2. The Bertz CT molecular complexity index is 642. The Kier molecular flexibility index (Phi) is 3.08. The van der Waals surface area contributed by atoms with Crippen molar-refractivity contribution in [2.75, 3.05) is 6.54 Å². The molecule has 0 bridgehead atoms. The van der Waals surface area contributed by atoms with Crippen LogP contribution in [0, 0.1) is 0 Å². The molecule has 0 amide bonds. The highest BCUT2D eigenvalue weighted by molar-refractivity contribution is 5.42. The van der Waals surface area contributed by atoms with Crippen LogP contribution in [-0.2, 0) is 32.2 Å². The summed E-state index contributed by atoms with van der Waals surface area (Å²) < 4.78 is 0. The van der Waals surface area contributed by atoms with E-state index >= 15 is 0 Å². The van der Waals surface area contributed by atoms with Crippen molar-refractivity contribution in [1.29, 1.82) is 0 Å². The van der Waals surface area contributed by atoms with Crippen molar-refractivity contribution in [1.82, 2.24) is 5.32 Å². The van der Waals surface area contributed by atoms with E-state index in [1.54, 1.807) is 16.7 Å². The van der Waals surface area contributed by atoms with E-state index in [0.717, 1.165) is 19.5 Å². The lowest BCUT2D eigenvalue weighted by atomic mass is 9.91. The van der Waals surface area contributed by atoms with Crippen molar-refractivity contribution < 1.29 is 0 Å². The van der Waals surface area contributed by atoms with Gasteiger partial charge in [0.05, 0.1) is 0 Å². The number of benzene rings is 2. The van der Waals surface area contributed by atoms with Gasteiger partial charge in [-0.15, -0.1) is 0 Å². The Morgan fingerprint density at radius 2 is 1.85 bits per heavy atom. The van der Waals surface area contributed by atoms with E-state index in [-0.39, 0.29) is 0 Å². The van der Waals surface area contributed by atoms with Gasteiger partial charge >= 0.3 is 0 Å². The second-order valence-corrected chi connectivity index (χ2v) is 6.11. The molecule has 1 nitrogen and oxygen atoms in total. The van der Waals surface area contributed by atoms with Gasteiger partial charge in [-0.25, -0.2) is 0 Å². The molecule has 0 saturated carbocycles. The van der Waals surface area contributed by atoms with Crippen molar-refractivity contribution in [3.63, 3.8) is 0 Å². The average Bonchev–Trinajstić information content (AvgIpc) is 2.95. The highest BCUT2D eigenvalue weighted by Gasteiger charge is 2.14. The fraction of sp³-hybridized carbons (Fsp3) is 0.368. The van der Waals surface area contributed by atoms with E-state index in [9.17, 15) is 0 Å². The zero-order valence-corrected chi connectivity index (χ0v) is 11.9. The first kappa shape index (κ1) is 12.2. The summed E-state index contributed by atoms with van der Waals surface area (Å²) in [6.45, 7) is 2.15. The van der Waals surface area contributed by atoms with Crippen molar-refractivity contribution in [3.8, 4) is 0 Å². The Morgan fingerprint density at radius 3 is 2.85 bits per heavy atom. The zero-order valence-electron chi connectivity index (χ0n) is 11.9. The van der Waals surface area contributed by atoms with Gasteiger partial charge in [0.15, 0.2) is 0 Å². The highest BCUT2D eigenvalue weighted by atomic mass is 14.9. The maximum Gasteiger partial charge on any atom is 0.0208 e. The summed E-state index contributed by atoms with van der Waals surface area (Å²) in [6.07, 6.45) is 6.17. The molecular weight excluding hydrogens is 242 g/mol. The van der Waals surface area contributed by atoms with Gasteiger partial charge in [0.25, 0.3) is 0 Å². The van der Waals surface area contributed by atoms with Crippen LogP contribution in [0.5, 0.6) is 0 Å². The smallest absolute Gasteiger partial charge is 0.0208 e. The predicted octanol–water partition coefficient (Wildman–Crippen LogP) is 3.41. The van der Waals surface area contributed by atoms with Crippen LogP contribution in [-0.4, -0.2) is 6.54 Å².